The Hall–Kier alpha value is -3.52. The van der Waals surface area contributed by atoms with Gasteiger partial charge in [-0.15, -0.1) is 0 Å². The van der Waals surface area contributed by atoms with Crippen LogP contribution in [0.1, 0.15) is 29.0 Å². The van der Waals surface area contributed by atoms with Crippen LogP contribution in [0.3, 0.4) is 0 Å². The monoisotopic (exact) mass is 406 g/mol. The standard InChI is InChI=1S/C22H22N4O4/c1-13-25-18-5-3-2-4-17(18)22(29)26(13)15-8-6-14(7-9-15)21(28)24-12-16-10-11-19(30-16)20(23)27/h2-9,16,19H,10-12H2,1H3,(H2,23,27)(H,24,28). The normalized spacial score (nSPS) is 18.4. The van der Waals surface area contributed by atoms with Gasteiger partial charge in [-0.2, -0.15) is 0 Å². The van der Waals surface area contributed by atoms with Gasteiger partial charge in [-0.05, 0) is 56.2 Å². The second kappa shape index (κ2) is 8.08. The number of hydrogen-bond donors (Lipinski definition) is 2. The Morgan fingerprint density at radius 1 is 1.17 bits per heavy atom. The van der Waals surface area contributed by atoms with Gasteiger partial charge < -0.3 is 15.8 Å². The van der Waals surface area contributed by atoms with Crippen molar-refractivity contribution in [1.82, 2.24) is 14.9 Å². The number of nitrogens with zero attached hydrogens (tertiary/aromatic N) is 2. The summed E-state index contributed by atoms with van der Waals surface area (Å²) < 4.78 is 7.04. The molecule has 2 atom stereocenters. The number of aromatic nitrogens is 2. The highest BCUT2D eigenvalue weighted by Crippen LogP contribution is 2.19. The van der Waals surface area contributed by atoms with Crippen molar-refractivity contribution < 1.29 is 14.3 Å². The molecule has 30 heavy (non-hydrogen) atoms. The first-order chi connectivity index (χ1) is 14.4. The van der Waals surface area contributed by atoms with Crippen molar-refractivity contribution in [3.63, 3.8) is 0 Å². The van der Waals surface area contributed by atoms with Crippen molar-refractivity contribution in [1.29, 1.82) is 0 Å². The molecule has 3 N–H and O–H groups in total. The van der Waals surface area contributed by atoms with E-state index in [9.17, 15) is 14.4 Å². The molecule has 1 aliphatic rings. The van der Waals surface area contributed by atoms with Crippen LogP contribution in [0.2, 0.25) is 0 Å². The number of amides is 2. The summed E-state index contributed by atoms with van der Waals surface area (Å²) in [6.45, 7) is 2.08. The van der Waals surface area contributed by atoms with Gasteiger partial charge in [0.05, 0.1) is 22.7 Å². The number of hydrogen-bond acceptors (Lipinski definition) is 5. The van der Waals surface area contributed by atoms with Crippen molar-refractivity contribution in [3.8, 4) is 5.69 Å². The van der Waals surface area contributed by atoms with E-state index in [0.29, 0.717) is 47.4 Å². The first-order valence-corrected chi connectivity index (χ1v) is 9.76. The zero-order valence-corrected chi connectivity index (χ0v) is 16.5. The Morgan fingerprint density at radius 3 is 2.60 bits per heavy atom. The maximum atomic E-state index is 12.9. The lowest BCUT2D eigenvalue weighted by Gasteiger charge is -2.13. The smallest absolute Gasteiger partial charge is 0.265 e. The Kier molecular flexibility index (Phi) is 5.33. The summed E-state index contributed by atoms with van der Waals surface area (Å²) in [6.07, 6.45) is 0.432. The highest BCUT2D eigenvalue weighted by molar-refractivity contribution is 5.94. The van der Waals surface area contributed by atoms with Crippen molar-refractivity contribution >= 4 is 22.7 Å². The van der Waals surface area contributed by atoms with Gasteiger partial charge in [-0.1, -0.05) is 12.1 Å². The fourth-order valence-corrected chi connectivity index (χ4v) is 3.68. The summed E-state index contributed by atoms with van der Waals surface area (Å²) in [4.78, 5) is 41.0. The van der Waals surface area contributed by atoms with E-state index in [4.69, 9.17) is 10.5 Å². The van der Waals surface area contributed by atoms with E-state index in [1.807, 2.05) is 6.07 Å². The first-order valence-electron chi connectivity index (χ1n) is 9.76. The molecule has 0 radical (unpaired) electrons. The summed E-state index contributed by atoms with van der Waals surface area (Å²) in [6, 6.07) is 14.0. The number of para-hydroxylation sites is 1. The SMILES string of the molecule is Cc1nc2ccccc2c(=O)n1-c1ccc(C(=O)NCC2CCC(C(N)=O)O2)cc1. The van der Waals surface area contributed by atoms with E-state index < -0.39 is 12.0 Å². The van der Waals surface area contributed by atoms with Crippen molar-refractivity contribution in [2.24, 2.45) is 5.73 Å². The average molecular weight is 406 g/mol. The molecular formula is C22H22N4O4. The van der Waals surface area contributed by atoms with Crippen LogP contribution in [0.4, 0.5) is 0 Å². The summed E-state index contributed by atoms with van der Waals surface area (Å²) in [5, 5.41) is 3.35. The predicted octanol–water partition coefficient (Wildman–Crippen LogP) is 1.46. The van der Waals surface area contributed by atoms with Gasteiger partial charge in [0.2, 0.25) is 5.91 Å². The fourth-order valence-electron chi connectivity index (χ4n) is 3.68. The maximum absolute atomic E-state index is 12.9. The van der Waals surface area contributed by atoms with E-state index in [-0.39, 0.29) is 17.6 Å². The molecule has 2 heterocycles. The molecule has 1 aliphatic heterocycles. The van der Waals surface area contributed by atoms with Gasteiger partial charge in [0, 0.05) is 12.1 Å². The van der Waals surface area contributed by atoms with Gasteiger partial charge in [0.1, 0.15) is 11.9 Å². The second-order valence-corrected chi connectivity index (χ2v) is 7.30. The summed E-state index contributed by atoms with van der Waals surface area (Å²) in [5.74, 6) is -0.167. The van der Waals surface area contributed by atoms with Gasteiger partial charge in [-0.3, -0.25) is 19.0 Å². The minimum Gasteiger partial charge on any atom is -0.367 e. The molecule has 0 saturated carbocycles. The lowest BCUT2D eigenvalue weighted by Crippen LogP contribution is -2.34. The number of primary amides is 1. The molecule has 8 nitrogen and oxygen atoms in total. The van der Waals surface area contributed by atoms with E-state index in [2.05, 4.69) is 10.3 Å². The number of carbonyl (C=O) groups excluding carboxylic acids is 2. The molecule has 4 rings (SSSR count). The number of carbonyl (C=O) groups is 2. The molecule has 2 amide bonds. The quantitative estimate of drug-likeness (QED) is 0.665. The van der Waals surface area contributed by atoms with Crippen LogP contribution >= 0.6 is 0 Å². The van der Waals surface area contributed by atoms with Crippen molar-refractivity contribution in [2.45, 2.75) is 32.0 Å². The molecule has 1 saturated heterocycles. The van der Waals surface area contributed by atoms with E-state index in [1.165, 1.54) is 4.57 Å². The molecule has 0 spiro atoms. The molecule has 2 aromatic carbocycles. The topological polar surface area (TPSA) is 116 Å². The van der Waals surface area contributed by atoms with E-state index in [1.54, 1.807) is 49.4 Å². The van der Waals surface area contributed by atoms with Gasteiger partial charge >= 0.3 is 0 Å². The zero-order chi connectivity index (χ0) is 21.3. The third-order valence-corrected chi connectivity index (χ3v) is 5.25. The number of aryl methyl sites for hydroxylation is 1. The van der Waals surface area contributed by atoms with E-state index >= 15 is 0 Å². The number of rotatable bonds is 5. The van der Waals surface area contributed by atoms with Crippen LogP contribution in [0.25, 0.3) is 16.6 Å². The molecular weight excluding hydrogens is 384 g/mol. The summed E-state index contributed by atoms with van der Waals surface area (Å²) in [7, 11) is 0. The highest BCUT2D eigenvalue weighted by atomic mass is 16.5. The Bertz CT molecular complexity index is 1170. The number of ether oxygens (including phenoxy) is 1. The fraction of sp³-hybridized carbons (Fsp3) is 0.273. The molecule has 2 unspecified atom stereocenters. The molecule has 1 aromatic heterocycles. The second-order valence-electron chi connectivity index (χ2n) is 7.30. The summed E-state index contributed by atoms with van der Waals surface area (Å²) in [5.41, 5.74) is 6.83. The molecule has 3 aromatic rings. The van der Waals surface area contributed by atoms with Crippen molar-refractivity contribution in [2.75, 3.05) is 6.54 Å². The Balaban J connectivity index is 1.48. The number of nitrogens with two attached hydrogens (primary N) is 1. The largest absolute Gasteiger partial charge is 0.367 e. The van der Waals surface area contributed by atoms with Gasteiger partial charge in [-0.25, -0.2) is 4.98 Å². The van der Waals surface area contributed by atoms with Crippen LogP contribution in [0, 0.1) is 6.92 Å². The number of benzene rings is 2. The first kappa shape index (κ1) is 19.8. The lowest BCUT2D eigenvalue weighted by molar-refractivity contribution is -0.128. The highest BCUT2D eigenvalue weighted by Gasteiger charge is 2.29. The number of nitrogens with one attached hydrogen (secondary N) is 1. The minimum atomic E-state index is -0.580. The Labute approximate surface area is 172 Å². The molecule has 8 heteroatoms. The summed E-state index contributed by atoms with van der Waals surface area (Å²) >= 11 is 0. The molecule has 154 valence electrons. The lowest BCUT2D eigenvalue weighted by atomic mass is 10.1. The van der Waals surface area contributed by atoms with Crippen LogP contribution in [0.15, 0.2) is 53.3 Å². The van der Waals surface area contributed by atoms with Crippen LogP contribution in [-0.2, 0) is 9.53 Å². The van der Waals surface area contributed by atoms with Crippen LogP contribution < -0.4 is 16.6 Å². The molecule has 0 aliphatic carbocycles. The maximum Gasteiger partial charge on any atom is 0.265 e. The molecule has 0 bridgehead atoms. The predicted molar refractivity (Wildman–Crippen MR) is 111 cm³/mol. The third-order valence-electron chi connectivity index (χ3n) is 5.25. The molecule has 1 fully saturated rings. The zero-order valence-electron chi connectivity index (χ0n) is 16.5. The van der Waals surface area contributed by atoms with Crippen LogP contribution in [-0.4, -0.2) is 40.1 Å². The third kappa shape index (κ3) is 3.81. The average Bonchev–Trinajstić information content (AvgIpc) is 3.22. The van der Waals surface area contributed by atoms with Crippen molar-refractivity contribution in [3.05, 3.63) is 70.3 Å². The van der Waals surface area contributed by atoms with Gasteiger partial charge in [0.15, 0.2) is 0 Å². The van der Waals surface area contributed by atoms with Gasteiger partial charge in [0.25, 0.3) is 11.5 Å². The van der Waals surface area contributed by atoms with E-state index in [0.717, 1.165) is 0 Å². The van der Waals surface area contributed by atoms with Crippen LogP contribution in [0.5, 0.6) is 0 Å². The Morgan fingerprint density at radius 2 is 1.90 bits per heavy atom. The number of fused-ring (bicyclic) bond motifs is 1. The minimum absolute atomic E-state index is 0.155.